The zero-order valence-electron chi connectivity index (χ0n) is 23.4. The molecule has 0 saturated heterocycles. The highest BCUT2D eigenvalue weighted by atomic mass is 16.6. The average molecular weight is 533 g/mol. The number of benzene rings is 2. The Labute approximate surface area is 231 Å². The second-order valence-electron chi connectivity index (χ2n) is 11.4. The average Bonchev–Trinajstić information content (AvgIpc) is 3.43. The Hall–Kier alpha value is -3.48. The smallest absolute Gasteiger partial charge is 0.338 e. The summed E-state index contributed by atoms with van der Waals surface area (Å²) in [6.45, 7) is 6.29. The van der Waals surface area contributed by atoms with Crippen LogP contribution in [0.25, 0.3) is 22.2 Å². The fraction of sp³-hybridized carbons (Fsp3) is 0.500. The number of esters is 1. The Morgan fingerprint density at radius 3 is 2.44 bits per heavy atom. The van der Waals surface area contributed by atoms with Gasteiger partial charge in [-0.15, -0.1) is 0 Å². The van der Waals surface area contributed by atoms with E-state index in [2.05, 4.69) is 16.0 Å². The lowest BCUT2D eigenvalue weighted by Crippen LogP contribution is -2.24. The van der Waals surface area contributed by atoms with Crippen LogP contribution < -0.4 is 4.74 Å². The van der Waals surface area contributed by atoms with Crippen molar-refractivity contribution in [3.63, 3.8) is 0 Å². The minimum Gasteiger partial charge on any atom is -0.494 e. The number of carboxylic acid groups (broad SMARTS) is 1. The van der Waals surface area contributed by atoms with Crippen LogP contribution >= 0.6 is 0 Å². The van der Waals surface area contributed by atoms with Gasteiger partial charge >= 0.3 is 11.9 Å². The summed E-state index contributed by atoms with van der Waals surface area (Å²) in [5, 5.41) is 9.65. The monoisotopic (exact) mass is 532 g/mol. The van der Waals surface area contributed by atoms with E-state index in [-0.39, 0.29) is 12.4 Å². The highest BCUT2D eigenvalue weighted by Crippen LogP contribution is 2.39. The number of hydrogen-bond acceptors (Lipinski definition) is 6. The number of hydrogen-bond donors (Lipinski definition) is 1. The molecule has 7 nitrogen and oxygen atoms in total. The maximum Gasteiger partial charge on any atom is 0.338 e. The summed E-state index contributed by atoms with van der Waals surface area (Å²) in [4.78, 5) is 32.8. The molecule has 7 heteroatoms. The van der Waals surface area contributed by atoms with Crippen molar-refractivity contribution in [2.24, 2.45) is 0 Å². The quantitative estimate of drug-likeness (QED) is 0.188. The number of unbranched alkanes of at least 4 members (excludes halogenated alkanes) is 4. The summed E-state index contributed by atoms with van der Waals surface area (Å²) in [6, 6.07) is 11.9. The maximum atomic E-state index is 13.1. The van der Waals surface area contributed by atoms with Gasteiger partial charge in [0.2, 0.25) is 0 Å². The zero-order valence-corrected chi connectivity index (χ0v) is 23.4. The highest BCUT2D eigenvalue weighted by Gasteiger charge is 2.26. The Morgan fingerprint density at radius 1 is 0.949 bits per heavy atom. The van der Waals surface area contributed by atoms with Crippen LogP contribution in [0.1, 0.15) is 107 Å². The van der Waals surface area contributed by atoms with Crippen LogP contribution in [-0.4, -0.2) is 39.2 Å². The van der Waals surface area contributed by atoms with E-state index < -0.39 is 11.6 Å². The van der Waals surface area contributed by atoms with Crippen molar-refractivity contribution < 1.29 is 24.2 Å². The third-order valence-electron chi connectivity index (χ3n) is 7.15. The molecule has 1 saturated carbocycles. The summed E-state index contributed by atoms with van der Waals surface area (Å²) in [5.74, 6) is 0.113. The Balaban J connectivity index is 1.48. The van der Waals surface area contributed by atoms with E-state index in [1.165, 1.54) is 12.8 Å². The highest BCUT2D eigenvalue weighted by molar-refractivity contribution is 5.95. The second kappa shape index (κ2) is 13.0. The molecule has 39 heavy (non-hydrogen) atoms. The fourth-order valence-electron chi connectivity index (χ4n) is 5.26. The molecule has 3 aromatic rings. The van der Waals surface area contributed by atoms with E-state index in [9.17, 15) is 9.59 Å². The molecule has 208 valence electrons. The number of carbonyl (C=O) groups excluding carboxylic acids is 1. The minimum atomic E-state index is -0.728. The molecule has 0 radical (unpaired) electrons. The summed E-state index contributed by atoms with van der Waals surface area (Å²) in [7, 11) is 0. The number of aromatic nitrogens is 2. The zero-order chi connectivity index (χ0) is 27.8. The van der Waals surface area contributed by atoms with Gasteiger partial charge < -0.3 is 14.6 Å². The van der Waals surface area contributed by atoms with Gasteiger partial charge in [-0.25, -0.2) is 14.8 Å². The second-order valence-corrected chi connectivity index (χ2v) is 11.4. The minimum absolute atomic E-state index is 0.243. The number of aliphatic carboxylic acids is 1. The molecule has 0 bridgehead atoms. The third kappa shape index (κ3) is 8.01. The molecule has 1 aliphatic rings. The summed E-state index contributed by atoms with van der Waals surface area (Å²) in [6.07, 6.45) is 10.9. The molecular weight excluding hydrogens is 492 g/mol. The maximum absolute atomic E-state index is 13.1. The van der Waals surface area contributed by atoms with Crippen molar-refractivity contribution in [1.29, 1.82) is 0 Å². The summed E-state index contributed by atoms with van der Waals surface area (Å²) in [5.41, 5.74) is 3.76. The van der Waals surface area contributed by atoms with Crippen molar-refractivity contribution in [2.45, 2.75) is 96.5 Å². The number of carboxylic acids is 1. The predicted molar refractivity (Wildman–Crippen MR) is 152 cm³/mol. The van der Waals surface area contributed by atoms with E-state index in [1.807, 2.05) is 51.1 Å². The first kappa shape index (κ1) is 28.5. The lowest BCUT2D eigenvalue weighted by atomic mass is 9.90. The van der Waals surface area contributed by atoms with Gasteiger partial charge in [-0.2, -0.15) is 0 Å². The van der Waals surface area contributed by atoms with Gasteiger partial charge in [0, 0.05) is 23.4 Å². The largest absolute Gasteiger partial charge is 0.494 e. The Kier molecular flexibility index (Phi) is 9.54. The number of rotatable bonds is 12. The first-order chi connectivity index (χ1) is 18.7. The van der Waals surface area contributed by atoms with Crippen molar-refractivity contribution in [2.75, 3.05) is 6.61 Å². The van der Waals surface area contributed by atoms with Crippen LogP contribution in [0.3, 0.4) is 0 Å². The van der Waals surface area contributed by atoms with E-state index >= 15 is 0 Å². The number of nitrogens with zero attached hydrogens (tertiary/aromatic N) is 2. The molecule has 0 unspecified atom stereocenters. The lowest BCUT2D eigenvalue weighted by Gasteiger charge is -2.22. The van der Waals surface area contributed by atoms with Crippen LogP contribution in [0.5, 0.6) is 5.75 Å². The van der Waals surface area contributed by atoms with Crippen molar-refractivity contribution in [3.05, 3.63) is 53.9 Å². The summed E-state index contributed by atoms with van der Waals surface area (Å²) < 4.78 is 11.7. The van der Waals surface area contributed by atoms with Gasteiger partial charge in [-0.3, -0.25) is 4.79 Å². The van der Waals surface area contributed by atoms with E-state index in [0.29, 0.717) is 18.1 Å². The van der Waals surface area contributed by atoms with Crippen LogP contribution in [0.15, 0.2) is 42.7 Å². The molecule has 1 heterocycles. The van der Waals surface area contributed by atoms with E-state index in [0.717, 1.165) is 78.4 Å². The van der Waals surface area contributed by atoms with E-state index in [1.54, 1.807) is 6.33 Å². The molecular formula is C32H40N2O5. The molecule has 1 aromatic heterocycles. The molecule has 1 N–H and O–H groups in total. The third-order valence-corrected chi connectivity index (χ3v) is 7.15. The molecule has 1 aliphatic carbocycles. The molecule has 0 atom stereocenters. The van der Waals surface area contributed by atoms with Gasteiger partial charge in [-0.05, 0) is 82.2 Å². The van der Waals surface area contributed by atoms with Gasteiger partial charge in [-0.1, -0.05) is 38.2 Å². The summed E-state index contributed by atoms with van der Waals surface area (Å²) >= 11 is 0. The van der Waals surface area contributed by atoms with Gasteiger partial charge in [0.1, 0.15) is 17.7 Å². The van der Waals surface area contributed by atoms with Crippen LogP contribution in [-0.2, 0) is 9.53 Å². The topological polar surface area (TPSA) is 98.6 Å². The standard InChI is InChI=1S/C32H40N2O5/c1-32(2,3)39-31(37)25-16-14-23(19-27(25)22-11-8-9-12-22)30-26-17-15-24(20-28(26)33-21-34-30)38-18-10-6-4-5-7-13-29(35)36/h14-17,19-22H,4-13,18H2,1-3H3,(H,35,36). The van der Waals surface area contributed by atoms with Crippen molar-refractivity contribution >= 4 is 22.8 Å². The Morgan fingerprint density at radius 2 is 1.69 bits per heavy atom. The fourth-order valence-corrected chi connectivity index (χ4v) is 5.26. The SMILES string of the molecule is CC(C)(C)OC(=O)c1ccc(-c2ncnc3cc(OCCCCCCCC(=O)O)ccc23)cc1C1CCCC1. The molecule has 4 rings (SSSR count). The van der Waals surface area contributed by atoms with Crippen LogP contribution in [0.2, 0.25) is 0 Å². The molecule has 0 spiro atoms. The van der Waals surface area contributed by atoms with Crippen molar-refractivity contribution in [1.82, 2.24) is 9.97 Å². The van der Waals surface area contributed by atoms with E-state index in [4.69, 9.17) is 14.6 Å². The number of ether oxygens (including phenoxy) is 2. The van der Waals surface area contributed by atoms with Crippen LogP contribution in [0, 0.1) is 0 Å². The van der Waals surface area contributed by atoms with Gasteiger partial charge in [0.25, 0.3) is 0 Å². The first-order valence-electron chi connectivity index (χ1n) is 14.2. The molecule has 2 aromatic carbocycles. The Bertz CT molecular complexity index is 1290. The molecule has 0 aliphatic heterocycles. The molecule has 0 amide bonds. The lowest BCUT2D eigenvalue weighted by molar-refractivity contribution is -0.137. The van der Waals surface area contributed by atoms with Gasteiger partial charge in [0.15, 0.2) is 0 Å². The first-order valence-corrected chi connectivity index (χ1v) is 14.2. The normalized spacial score (nSPS) is 14.0. The number of fused-ring (bicyclic) bond motifs is 1. The van der Waals surface area contributed by atoms with Crippen molar-refractivity contribution in [3.8, 4) is 17.0 Å². The predicted octanol–water partition coefficient (Wildman–Crippen LogP) is 7.71. The van der Waals surface area contributed by atoms with Gasteiger partial charge in [0.05, 0.1) is 23.4 Å². The number of carbonyl (C=O) groups is 2. The molecule has 1 fully saturated rings. The van der Waals surface area contributed by atoms with Crippen LogP contribution in [0.4, 0.5) is 0 Å².